The van der Waals surface area contributed by atoms with E-state index in [1.165, 1.54) is 30.1 Å². The van der Waals surface area contributed by atoms with Crippen molar-refractivity contribution >= 4 is 28.2 Å². The number of thiophene rings is 1. The van der Waals surface area contributed by atoms with Gasteiger partial charge in [-0.15, -0.1) is 11.3 Å². The molecule has 0 aliphatic heterocycles. The lowest BCUT2D eigenvalue weighted by Gasteiger charge is -2.30. The zero-order valence-corrected chi connectivity index (χ0v) is 11.7. The van der Waals surface area contributed by atoms with Crippen LogP contribution in [0.25, 0.3) is 0 Å². The van der Waals surface area contributed by atoms with Gasteiger partial charge in [0.25, 0.3) is 0 Å². The van der Waals surface area contributed by atoms with Gasteiger partial charge in [0.05, 0.1) is 12.1 Å². The number of carbonyl (C=O) groups is 2. The van der Waals surface area contributed by atoms with Crippen LogP contribution in [-0.2, 0) is 9.59 Å². The highest BCUT2D eigenvalue weighted by molar-refractivity contribution is 7.14. The second-order valence-corrected chi connectivity index (χ2v) is 5.46. The van der Waals surface area contributed by atoms with E-state index in [0.29, 0.717) is 10.6 Å². The molecule has 0 spiro atoms. The van der Waals surface area contributed by atoms with Gasteiger partial charge in [0.2, 0.25) is 5.91 Å². The minimum absolute atomic E-state index is 0.0674. The number of rotatable bonds is 5. The van der Waals surface area contributed by atoms with Crippen LogP contribution in [0.5, 0.6) is 0 Å². The van der Waals surface area contributed by atoms with Crippen LogP contribution in [0.3, 0.4) is 0 Å². The maximum absolute atomic E-state index is 11.8. The van der Waals surface area contributed by atoms with Crippen molar-refractivity contribution in [2.45, 2.75) is 19.4 Å². The van der Waals surface area contributed by atoms with Crippen molar-refractivity contribution in [1.82, 2.24) is 4.90 Å². The van der Waals surface area contributed by atoms with Crippen LogP contribution in [-0.4, -0.2) is 41.0 Å². The number of nitrogens with one attached hydrogen (secondary N) is 1. The first-order valence-corrected chi connectivity index (χ1v) is 6.39. The molecule has 1 rings (SSSR count). The van der Waals surface area contributed by atoms with Crippen molar-refractivity contribution in [3.63, 3.8) is 0 Å². The molecule has 0 bridgehead atoms. The molecule has 7 heteroatoms. The van der Waals surface area contributed by atoms with Crippen molar-refractivity contribution in [1.29, 1.82) is 5.26 Å². The maximum Gasteiger partial charge on any atom is 0.323 e. The van der Waals surface area contributed by atoms with E-state index in [0.717, 1.165) is 0 Å². The number of hydrogen-bond acceptors (Lipinski definition) is 5. The lowest BCUT2D eigenvalue weighted by molar-refractivity contribution is -0.148. The Morgan fingerprint density at radius 3 is 2.74 bits per heavy atom. The van der Waals surface area contributed by atoms with Gasteiger partial charge in [-0.05, 0) is 32.3 Å². The molecular formula is C12H15N3O3S. The van der Waals surface area contributed by atoms with Crippen molar-refractivity contribution < 1.29 is 14.7 Å². The second kappa shape index (κ2) is 5.82. The van der Waals surface area contributed by atoms with E-state index in [-0.39, 0.29) is 12.5 Å². The van der Waals surface area contributed by atoms with Crippen LogP contribution in [0.4, 0.5) is 5.00 Å². The van der Waals surface area contributed by atoms with Gasteiger partial charge in [-0.25, -0.2) is 0 Å². The van der Waals surface area contributed by atoms with Crippen LogP contribution in [0.2, 0.25) is 0 Å². The largest absolute Gasteiger partial charge is 0.480 e. The summed E-state index contributed by atoms with van der Waals surface area (Å²) in [4.78, 5) is 24.3. The number of nitriles is 1. The Morgan fingerprint density at radius 2 is 2.21 bits per heavy atom. The van der Waals surface area contributed by atoms with E-state index >= 15 is 0 Å². The summed E-state index contributed by atoms with van der Waals surface area (Å²) in [5, 5.41) is 22.7. The fraction of sp³-hybridized carbons (Fsp3) is 0.417. The van der Waals surface area contributed by atoms with Crippen molar-refractivity contribution in [3.05, 3.63) is 17.0 Å². The van der Waals surface area contributed by atoms with Gasteiger partial charge >= 0.3 is 5.97 Å². The molecule has 1 aromatic rings. The molecule has 6 nitrogen and oxygen atoms in total. The third-order valence-corrected chi connectivity index (χ3v) is 3.73. The summed E-state index contributed by atoms with van der Waals surface area (Å²) in [6, 6.07) is 3.59. The minimum Gasteiger partial charge on any atom is -0.480 e. The van der Waals surface area contributed by atoms with E-state index in [9.17, 15) is 9.59 Å². The van der Waals surface area contributed by atoms with Crippen LogP contribution in [0.1, 0.15) is 19.4 Å². The molecule has 0 radical (unpaired) electrons. The summed E-state index contributed by atoms with van der Waals surface area (Å²) in [6.45, 7) is 2.98. The Balaban J connectivity index is 2.67. The first-order chi connectivity index (χ1) is 8.78. The summed E-state index contributed by atoms with van der Waals surface area (Å²) >= 11 is 1.25. The summed E-state index contributed by atoms with van der Waals surface area (Å²) < 4.78 is 0. The number of anilines is 1. The summed E-state index contributed by atoms with van der Waals surface area (Å²) in [5.41, 5.74) is -0.733. The summed E-state index contributed by atoms with van der Waals surface area (Å²) in [7, 11) is 1.56. The Morgan fingerprint density at radius 1 is 1.58 bits per heavy atom. The second-order valence-electron chi connectivity index (χ2n) is 4.54. The molecule has 0 fully saturated rings. The van der Waals surface area contributed by atoms with Gasteiger partial charge < -0.3 is 10.4 Å². The lowest BCUT2D eigenvalue weighted by Crippen LogP contribution is -2.50. The van der Waals surface area contributed by atoms with E-state index in [2.05, 4.69) is 5.32 Å². The van der Waals surface area contributed by atoms with Gasteiger partial charge in [-0.2, -0.15) is 5.26 Å². The van der Waals surface area contributed by atoms with Crippen LogP contribution >= 0.6 is 11.3 Å². The van der Waals surface area contributed by atoms with Crippen LogP contribution < -0.4 is 5.32 Å². The monoisotopic (exact) mass is 281 g/mol. The SMILES string of the molecule is CN(CC(=O)Nc1sccc1C#N)C(C)(C)C(=O)O. The van der Waals surface area contributed by atoms with Crippen molar-refractivity contribution in [2.75, 3.05) is 18.9 Å². The number of likely N-dealkylation sites (N-methyl/N-ethyl adjacent to an activating group) is 1. The van der Waals surface area contributed by atoms with Crippen LogP contribution in [0.15, 0.2) is 11.4 Å². The Bertz CT molecular complexity index is 531. The molecule has 1 amide bonds. The number of nitrogens with zero attached hydrogens (tertiary/aromatic N) is 2. The molecule has 19 heavy (non-hydrogen) atoms. The normalized spacial score (nSPS) is 11.1. The molecule has 1 aromatic heterocycles. The number of hydrogen-bond donors (Lipinski definition) is 2. The van der Waals surface area contributed by atoms with E-state index < -0.39 is 11.5 Å². The molecule has 0 saturated heterocycles. The molecule has 1 heterocycles. The molecule has 0 aliphatic rings. The predicted octanol–water partition coefficient (Wildman–Crippen LogP) is 1.35. The number of carboxylic acids is 1. The third kappa shape index (κ3) is 3.53. The number of aliphatic carboxylic acids is 1. The molecule has 0 saturated carbocycles. The fourth-order valence-corrected chi connectivity index (χ4v) is 1.99. The number of carbonyl (C=O) groups excluding carboxylic acids is 1. The summed E-state index contributed by atoms with van der Waals surface area (Å²) in [5.74, 6) is -1.35. The first-order valence-electron chi connectivity index (χ1n) is 5.51. The van der Waals surface area contributed by atoms with E-state index in [1.54, 1.807) is 18.5 Å². The number of carboxylic acid groups (broad SMARTS) is 1. The van der Waals surface area contributed by atoms with Crippen molar-refractivity contribution in [2.24, 2.45) is 0 Å². The Hall–Kier alpha value is -1.91. The maximum atomic E-state index is 11.8. The molecular weight excluding hydrogens is 266 g/mol. The quantitative estimate of drug-likeness (QED) is 0.849. The third-order valence-electron chi connectivity index (χ3n) is 2.90. The molecule has 102 valence electrons. The molecule has 0 unspecified atom stereocenters. The standard InChI is InChI=1S/C12H15N3O3S/c1-12(2,11(17)18)15(3)7-9(16)14-10-8(6-13)4-5-19-10/h4-5H,7H2,1-3H3,(H,14,16)(H,17,18). The van der Waals surface area contributed by atoms with Gasteiger partial charge in [0.1, 0.15) is 16.6 Å². The summed E-state index contributed by atoms with van der Waals surface area (Å²) in [6.07, 6.45) is 0. The lowest BCUT2D eigenvalue weighted by atomic mass is 10.0. The van der Waals surface area contributed by atoms with Gasteiger partial charge in [-0.3, -0.25) is 14.5 Å². The molecule has 0 aromatic carbocycles. The zero-order chi connectivity index (χ0) is 14.6. The zero-order valence-electron chi connectivity index (χ0n) is 10.9. The fourth-order valence-electron chi connectivity index (χ4n) is 1.24. The van der Waals surface area contributed by atoms with Gasteiger partial charge in [-0.1, -0.05) is 0 Å². The Labute approximate surface area is 115 Å². The predicted molar refractivity (Wildman–Crippen MR) is 72.0 cm³/mol. The smallest absolute Gasteiger partial charge is 0.323 e. The molecule has 2 N–H and O–H groups in total. The van der Waals surface area contributed by atoms with Crippen molar-refractivity contribution in [3.8, 4) is 6.07 Å². The van der Waals surface area contributed by atoms with E-state index in [4.69, 9.17) is 10.4 Å². The Kier molecular flexibility index (Phi) is 4.64. The minimum atomic E-state index is -1.13. The average Bonchev–Trinajstić information content (AvgIpc) is 2.75. The highest BCUT2D eigenvalue weighted by atomic mass is 32.1. The van der Waals surface area contributed by atoms with Crippen LogP contribution in [0, 0.1) is 11.3 Å². The first kappa shape index (κ1) is 15.1. The highest BCUT2D eigenvalue weighted by Crippen LogP contribution is 2.22. The van der Waals surface area contributed by atoms with E-state index in [1.807, 2.05) is 6.07 Å². The van der Waals surface area contributed by atoms with Gasteiger partial charge in [0, 0.05) is 0 Å². The topological polar surface area (TPSA) is 93.4 Å². The molecule has 0 aliphatic carbocycles. The number of amides is 1. The van der Waals surface area contributed by atoms with Gasteiger partial charge in [0.15, 0.2) is 0 Å². The highest BCUT2D eigenvalue weighted by Gasteiger charge is 2.33. The average molecular weight is 281 g/mol. The molecule has 0 atom stereocenters.